The molecule has 0 aliphatic heterocycles. The molecule has 23 heavy (non-hydrogen) atoms. The van der Waals surface area contributed by atoms with Crippen molar-refractivity contribution in [1.82, 2.24) is 5.32 Å². The smallest absolute Gasteiger partial charge is 0.227 e. The molecule has 1 amide bonds. The van der Waals surface area contributed by atoms with Crippen LogP contribution in [-0.2, 0) is 11.3 Å². The average Bonchev–Trinajstić information content (AvgIpc) is 2.52. The van der Waals surface area contributed by atoms with Crippen LogP contribution in [0.4, 0.5) is 5.69 Å². The van der Waals surface area contributed by atoms with Gasteiger partial charge in [-0.15, -0.1) is 24.0 Å². The van der Waals surface area contributed by atoms with Gasteiger partial charge in [0.1, 0.15) is 0 Å². The Bertz CT molecular complexity index is 519. The topological polar surface area (TPSA) is 79.5 Å². The van der Waals surface area contributed by atoms with Crippen LogP contribution in [0.25, 0.3) is 0 Å². The number of nitrogens with one attached hydrogen (secondary N) is 2. The fourth-order valence-corrected chi connectivity index (χ4v) is 1.77. The molecule has 0 saturated heterocycles. The maximum atomic E-state index is 11.9. The number of rotatable bonds is 7. The van der Waals surface area contributed by atoms with Crippen molar-refractivity contribution in [2.24, 2.45) is 16.6 Å². The van der Waals surface area contributed by atoms with Crippen molar-refractivity contribution >= 4 is 41.5 Å². The zero-order valence-corrected chi connectivity index (χ0v) is 16.8. The van der Waals surface area contributed by atoms with E-state index in [9.17, 15) is 4.79 Å². The molecule has 6 heteroatoms. The van der Waals surface area contributed by atoms with E-state index >= 15 is 0 Å². The number of anilines is 1. The summed E-state index contributed by atoms with van der Waals surface area (Å²) in [5.74, 6) is 0.501. The molecule has 1 aromatic carbocycles. The number of aliphatic imine (C=N–C) groups is 1. The molecule has 130 valence electrons. The van der Waals surface area contributed by atoms with E-state index in [4.69, 9.17) is 5.73 Å². The van der Waals surface area contributed by atoms with Gasteiger partial charge in [-0.25, -0.2) is 4.99 Å². The Morgan fingerprint density at radius 1 is 1.26 bits per heavy atom. The van der Waals surface area contributed by atoms with Crippen LogP contribution in [0.15, 0.2) is 29.3 Å². The summed E-state index contributed by atoms with van der Waals surface area (Å²) in [6.45, 7) is 8.57. The fourth-order valence-electron chi connectivity index (χ4n) is 1.77. The van der Waals surface area contributed by atoms with Crippen LogP contribution in [-0.4, -0.2) is 17.9 Å². The second kappa shape index (κ2) is 11.3. The minimum Gasteiger partial charge on any atom is -0.370 e. The van der Waals surface area contributed by atoms with E-state index in [1.165, 1.54) is 0 Å². The highest BCUT2D eigenvalue weighted by Gasteiger charge is 2.10. The van der Waals surface area contributed by atoms with Crippen LogP contribution in [0.3, 0.4) is 0 Å². The molecule has 2 unspecified atom stereocenters. The van der Waals surface area contributed by atoms with Crippen molar-refractivity contribution < 1.29 is 4.79 Å². The van der Waals surface area contributed by atoms with Crippen molar-refractivity contribution in [3.63, 3.8) is 0 Å². The van der Waals surface area contributed by atoms with Crippen molar-refractivity contribution in [2.45, 2.75) is 53.1 Å². The van der Waals surface area contributed by atoms with E-state index in [2.05, 4.69) is 29.5 Å². The predicted molar refractivity (Wildman–Crippen MR) is 108 cm³/mol. The SMILES string of the molecule is CCC(C)NC(N)=NCc1cccc(NC(=O)C(C)CC)c1.I. The minimum atomic E-state index is 0. The number of nitrogens with zero attached hydrogens (tertiary/aromatic N) is 1. The lowest BCUT2D eigenvalue weighted by Gasteiger charge is -2.12. The number of halogens is 1. The molecule has 0 radical (unpaired) electrons. The molecule has 0 aromatic heterocycles. The van der Waals surface area contributed by atoms with Gasteiger partial charge in [-0.1, -0.05) is 32.9 Å². The van der Waals surface area contributed by atoms with E-state index in [-0.39, 0.29) is 35.8 Å². The number of carbonyl (C=O) groups excluding carboxylic acids is 1. The van der Waals surface area contributed by atoms with Gasteiger partial charge in [0, 0.05) is 17.6 Å². The zero-order valence-electron chi connectivity index (χ0n) is 14.4. The van der Waals surface area contributed by atoms with Crippen LogP contribution in [0, 0.1) is 5.92 Å². The summed E-state index contributed by atoms with van der Waals surface area (Å²) in [6, 6.07) is 8.01. The molecular weight excluding hydrogens is 403 g/mol. The third-order valence-electron chi connectivity index (χ3n) is 3.69. The van der Waals surface area contributed by atoms with Gasteiger partial charge < -0.3 is 16.4 Å². The van der Waals surface area contributed by atoms with Crippen molar-refractivity contribution in [3.05, 3.63) is 29.8 Å². The normalized spacial score (nSPS) is 13.7. The second-order valence-corrected chi connectivity index (χ2v) is 5.65. The lowest BCUT2D eigenvalue weighted by molar-refractivity contribution is -0.119. The Morgan fingerprint density at radius 3 is 2.57 bits per heavy atom. The van der Waals surface area contributed by atoms with Gasteiger partial charge in [-0.2, -0.15) is 0 Å². The van der Waals surface area contributed by atoms with Gasteiger partial charge in [0.25, 0.3) is 0 Å². The van der Waals surface area contributed by atoms with E-state index in [0.29, 0.717) is 18.5 Å². The van der Waals surface area contributed by atoms with Crippen LogP contribution < -0.4 is 16.4 Å². The third kappa shape index (κ3) is 8.20. The molecule has 1 rings (SSSR count). The average molecular weight is 432 g/mol. The lowest BCUT2D eigenvalue weighted by Crippen LogP contribution is -2.38. The van der Waals surface area contributed by atoms with Gasteiger partial charge in [-0.05, 0) is 37.5 Å². The van der Waals surface area contributed by atoms with Crippen molar-refractivity contribution in [2.75, 3.05) is 5.32 Å². The first-order valence-electron chi connectivity index (χ1n) is 7.92. The predicted octanol–water partition coefficient (Wildman–Crippen LogP) is 3.49. The Kier molecular flexibility index (Phi) is 10.6. The second-order valence-electron chi connectivity index (χ2n) is 5.65. The Balaban J connectivity index is 0.00000484. The summed E-state index contributed by atoms with van der Waals surface area (Å²) in [5, 5.41) is 6.05. The van der Waals surface area contributed by atoms with E-state index in [1.54, 1.807) is 0 Å². The number of carbonyl (C=O) groups is 1. The van der Waals surface area contributed by atoms with E-state index in [1.807, 2.05) is 38.1 Å². The van der Waals surface area contributed by atoms with Crippen molar-refractivity contribution in [1.29, 1.82) is 0 Å². The molecule has 0 spiro atoms. The molecule has 0 aliphatic rings. The number of benzene rings is 1. The number of hydrogen-bond donors (Lipinski definition) is 3. The Hall–Kier alpha value is -1.31. The van der Waals surface area contributed by atoms with Gasteiger partial charge in [0.15, 0.2) is 5.96 Å². The van der Waals surface area contributed by atoms with Gasteiger partial charge in [-0.3, -0.25) is 4.79 Å². The molecular formula is C17H29IN4O. The molecule has 2 atom stereocenters. The quantitative estimate of drug-likeness (QED) is 0.351. The largest absolute Gasteiger partial charge is 0.370 e. The number of guanidine groups is 1. The number of amides is 1. The molecule has 0 saturated carbocycles. The third-order valence-corrected chi connectivity index (χ3v) is 3.69. The van der Waals surface area contributed by atoms with Gasteiger partial charge in [0.2, 0.25) is 5.91 Å². The maximum Gasteiger partial charge on any atom is 0.227 e. The van der Waals surface area contributed by atoms with Crippen molar-refractivity contribution in [3.8, 4) is 0 Å². The maximum absolute atomic E-state index is 11.9. The molecule has 0 bridgehead atoms. The molecule has 4 N–H and O–H groups in total. The highest BCUT2D eigenvalue weighted by molar-refractivity contribution is 14.0. The fraction of sp³-hybridized carbons (Fsp3) is 0.529. The van der Waals surface area contributed by atoms with E-state index < -0.39 is 0 Å². The molecule has 0 heterocycles. The van der Waals surface area contributed by atoms with E-state index in [0.717, 1.165) is 24.1 Å². The Morgan fingerprint density at radius 2 is 1.96 bits per heavy atom. The first-order valence-corrected chi connectivity index (χ1v) is 7.92. The van der Waals surface area contributed by atoms with Crippen LogP contribution >= 0.6 is 24.0 Å². The monoisotopic (exact) mass is 432 g/mol. The standard InChI is InChI=1S/C17H28N4O.HI/c1-5-12(3)16(22)21-15-9-7-8-14(10-15)11-19-17(18)20-13(4)6-2;/h7-10,12-13H,5-6,11H2,1-4H3,(H,21,22)(H3,18,19,20);1H. The summed E-state index contributed by atoms with van der Waals surface area (Å²) in [5.41, 5.74) is 7.65. The Labute approximate surface area is 156 Å². The molecule has 1 aromatic rings. The zero-order chi connectivity index (χ0) is 16.5. The minimum absolute atomic E-state index is 0. The summed E-state index contributed by atoms with van der Waals surface area (Å²) in [7, 11) is 0. The first kappa shape index (κ1) is 21.7. The van der Waals surface area contributed by atoms with Crippen LogP contribution in [0.1, 0.15) is 46.1 Å². The van der Waals surface area contributed by atoms with Gasteiger partial charge >= 0.3 is 0 Å². The highest BCUT2D eigenvalue weighted by atomic mass is 127. The lowest BCUT2D eigenvalue weighted by atomic mass is 10.1. The van der Waals surface area contributed by atoms with Gasteiger partial charge in [0.05, 0.1) is 6.54 Å². The van der Waals surface area contributed by atoms with Crippen LogP contribution in [0.2, 0.25) is 0 Å². The highest BCUT2D eigenvalue weighted by Crippen LogP contribution is 2.13. The first-order chi connectivity index (χ1) is 10.5. The van der Waals surface area contributed by atoms with Crippen LogP contribution in [0.5, 0.6) is 0 Å². The number of hydrogen-bond acceptors (Lipinski definition) is 2. The number of nitrogens with two attached hydrogens (primary N) is 1. The summed E-state index contributed by atoms with van der Waals surface area (Å²) >= 11 is 0. The summed E-state index contributed by atoms with van der Waals surface area (Å²) in [4.78, 5) is 16.2. The molecule has 5 nitrogen and oxygen atoms in total. The molecule has 0 aliphatic carbocycles. The summed E-state index contributed by atoms with van der Waals surface area (Å²) in [6.07, 6.45) is 1.82. The summed E-state index contributed by atoms with van der Waals surface area (Å²) < 4.78 is 0. The molecule has 0 fully saturated rings.